The van der Waals surface area contributed by atoms with Crippen LogP contribution in [0.5, 0.6) is 0 Å². The Morgan fingerprint density at radius 1 is 1.19 bits per heavy atom. The molecule has 5 atom stereocenters. The smallest absolute Gasteiger partial charge is 0.330 e. The Morgan fingerprint density at radius 2 is 1.81 bits per heavy atom. The molecule has 0 aromatic carbocycles. The molecule has 0 radical (unpaired) electrons. The molecule has 1 aliphatic rings. The van der Waals surface area contributed by atoms with E-state index in [1.54, 1.807) is 0 Å². The number of aromatic nitrogens is 2. The summed E-state index contributed by atoms with van der Waals surface area (Å²) in [5.41, 5.74) is -1.37. The van der Waals surface area contributed by atoms with Crippen LogP contribution in [0.3, 0.4) is 0 Å². The minimum Gasteiger partial charge on any atom is -0.387 e. The third-order valence-electron chi connectivity index (χ3n) is 3.87. The summed E-state index contributed by atoms with van der Waals surface area (Å²) in [5, 5.41) is 20.1. The molecule has 1 fully saturated rings. The molecule has 1 aromatic rings. The lowest BCUT2D eigenvalue weighted by Gasteiger charge is -2.18. The van der Waals surface area contributed by atoms with Crippen molar-refractivity contribution in [2.45, 2.75) is 31.5 Å². The van der Waals surface area contributed by atoms with E-state index in [0.717, 1.165) is 10.8 Å². The number of aliphatic hydroxyl groups is 2. The normalized spacial score (nSPS) is 28.2. The molecule has 13 nitrogen and oxygen atoms in total. The van der Waals surface area contributed by atoms with Crippen molar-refractivity contribution >= 4 is 15.2 Å². The first-order valence-electron chi connectivity index (χ1n) is 7.65. The number of nitrogens with zero attached hydrogens (tertiary/aromatic N) is 1. The molecule has 1 aromatic heterocycles. The van der Waals surface area contributed by atoms with Gasteiger partial charge in [-0.05, 0) is 6.92 Å². The number of rotatable bonds is 7. The van der Waals surface area contributed by atoms with Crippen LogP contribution < -0.4 is 11.2 Å². The summed E-state index contributed by atoms with van der Waals surface area (Å²) in [7, 11) is -8.88. The van der Waals surface area contributed by atoms with Crippen LogP contribution in [0.2, 0.25) is 0 Å². The van der Waals surface area contributed by atoms with Gasteiger partial charge in [0.2, 0.25) is 0 Å². The second-order valence-electron chi connectivity index (χ2n) is 6.07. The molecular formula is C12H20N2O11P2. The van der Waals surface area contributed by atoms with Crippen molar-refractivity contribution in [2.75, 3.05) is 18.9 Å². The standard InChI is InChI=1S/C12H20N2O11P2/c1-6-4-14(12(18)13-10(6)17)11-9(16)8(15)7(25-11)5-24-27(22,23)3-2-26(19,20)21/h4,7-9,11,15-16H,2-3,5H2,1H3,(H,22,23)(H,13,17,18)(H2,19,20,21)/t7-,8-,9-,11-/m1/s1. The minimum atomic E-state index is -4.50. The van der Waals surface area contributed by atoms with Gasteiger partial charge >= 0.3 is 20.9 Å². The van der Waals surface area contributed by atoms with Gasteiger partial charge in [-0.25, -0.2) is 4.79 Å². The molecule has 0 bridgehead atoms. The van der Waals surface area contributed by atoms with Crippen LogP contribution in [0.4, 0.5) is 0 Å². The summed E-state index contributed by atoms with van der Waals surface area (Å²) in [5.74, 6) is 0. The van der Waals surface area contributed by atoms with Crippen molar-refractivity contribution in [3.8, 4) is 0 Å². The summed E-state index contributed by atoms with van der Waals surface area (Å²) in [4.78, 5) is 52.3. The molecule has 2 heterocycles. The second-order valence-corrected chi connectivity index (χ2v) is 9.83. The Bertz CT molecular complexity index is 890. The SMILES string of the molecule is Cc1cn([C@@H]2O[C@H](COP(=O)(O)CCP(=O)(O)O)[C@@H](O)[C@H]2O)c(=O)[nH]c1=O. The number of aryl methyl sites for hydroxylation is 1. The molecule has 0 saturated carbocycles. The number of H-pyrrole nitrogens is 1. The second kappa shape index (κ2) is 8.08. The van der Waals surface area contributed by atoms with Gasteiger partial charge in [-0.3, -0.25) is 23.5 Å². The molecule has 6 N–H and O–H groups in total. The highest BCUT2D eigenvalue weighted by molar-refractivity contribution is 7.56. The number of ether oxygens (including phenoxy) is 1. The molecule has 15 heteroatoms. The van der Waals surface area contributed by atoms with Gasteiger partial charge in [0, 0.05) is 11.8 Å². The predicted octanol–water partition coefficient (Wildman–Crippen LogP) is -2.16. The maximum atomic E-state index is 11.9. The van der Waals surface area contributed by atoms with Crippen molar-refractivity contribution < 1.29 is 43.3 Å². The first-order chi connectivity index (χ1) is 12.3. The molecule has 0 amide bonds. The molecule has 1 aliphatic heterocycles. The van der Waals surface area contributed by atoms with E-state index < -0.39 is 69.9 Å². The van der Waals surface area contributed by atoms with Crippen LogP contribution in [-0.2, 0) is 18.4 Å². The molecule has 1 saturated heterocycles. The van der Waals surface area contributed by atoms with Crippen LogP contribution in [0.1, 0.15) is 11.8 Å². The van der Waals surface area contributed by atoms with E-state index in [1.807, 2.05) is 4.98 Å². The van der Waals surface area contributed by atoms with Gasteiger partial charge in [0.25, 0.3) is 5.56 Å². The number of aliphatic hydroxyl groups excluding tert-OH is 2. The molecular weight excluding hydrogens is 410 g/mol. The van der Waals surface area contributed by atoms with Crippen LogP contribution in [0.15, 0.2) is 15.8 Å². The maximum Gasteiger partial charge on any atom is 0.330 e. The monoisotopic (exact) mass is 430 g/mol. The molecule has 27 heavy (non-hydrogen) atoms. The third kappa shape index (κ3) is 5.67. The Kier molecular flexibility index (Phi) is 6.63. The van der Waals surface area contributed by atoms with Gasteiger partial charge in [0.05, 0.1) is 18.9 Å². The Labute approximate surface area is 151 Å². The van der Waals surface area contributed by atoms with E-state index in [0.29, 0.717) is 0 Å². The topological polar surface area (TPSA) is 209 Å². The summed E-state index contributed by atoms with van der Waals surface area (Å²) < 4.78 is 33.4. The van der Waals surface area contributed by atoms with Crippen molar-refractivity contribution in [3.05, 3.63) is 32.6 Å². The summed E-state index contributed by atoms with van der Waals surface area (Å²) in [6, 6.07) is 0. The highest BCUT2D eigenvalue weighted by atomic mass is 31.2. The van der Waals surface area contributed by atoms with Crippen LogP contribution >= 0.6 is 15.2 Å². The number of aromatic amines is 1. The maximum absolute atomic E-state index is 11.9. The first-order valence-corrected chi connectivity index (χ1v) is 11.2. The fraction of sp³-hybridized carbons (Fsp3) is 0.667. The minimum absolute atomic E-state index is 0.150. The molecule has 154 valence electrons. The zero-order valence-electron chi connectivity index (χ0n) is 14.0. The van der Waals surface area contributed by atoms with E-state index in [-0.39, 0.29) is 5.56 Å². The average Bonchev–Trinajstić information content (AvgIpc) is 2.82. The predicted molar refractivity (Wildman–Crippen MR) is 89.5 cm³/mol. The van der Waals surface area contributed by atoms with Gasteiger partial charge in [0.1, 0.15) is 18.3 Å². The van der Waals surface area contributed by atoms with Gasteiger partial charge in [-0.15, -0.1) is 0 Å². The zero-order chi connectivity index (χ0) is 20.6. The van der Waals surface area contributed by atoms with Gasteiger partial charge < -0.3 is 34.2 Å². The number of hydrogen-bond acceptors (Lipinski definition) is 8. The van der Waals surface area contributed by atoms with Crippen LogP contribution in [0.25, 0.3) is 0 Å². The largest absolute Gasteiger partial charge is 0.387 e. The summed E-state index contributed by atoms with van der Waals surface area (Å²) in [6.45, 7) is 0.733. The summed E-state index contributed by atoms with van der Waals surface area (Å²) >= 11 is 0. The molecule has 0 spiro atoms. The van der Waals surface area contributed by atoms with E-state index in [9.17, 15) is 33.8 Å². The van der Waals surface area contributed by atoms with Crippen LogP contribution in [0, 0.1) is 6.92 Å². The number of hydrogen-bond donors (Lipinski definition) is 6. The fourth-order valence-electron chi connectivity index (χ4n) is 2.38. The first kappa shape index (κ1) is 22.2. The molecule has 2 rings (SSSR count). The zero-order valence-corrected chi connectivity index (χ0v) is 15.8. The number of nitrogens with one attached hydrogen (secondary N) is 1. The highest BCUT2D eigenvalue weighted by Crippen LogP contribution is 2.47. The van der Waals surface area contributed by atoms with Crippen molar-refractivity contribution in [2.24, 2.45) is 0 Å². The lowest BCUT2D eigenvalue weighted by Crippen LogP contribution is -2.38. The van der Waals surface area contributed by atoms with Gasteiger partial charge in [-0.1, -0.05) is 0 Å². The fourth-order valence-corrected chi connectivity index (χ4v) is 4.95. The van der Waals surface area contributed by atoms with E-state index in [2.05, 4.69) is 0 Å². The van der Waals surface area contributed by atoms with Gasteiger partial charge in [-0.2, -0.15) is 0 Å². The van der Waals surface area contributed by atoms with Gasteiger partial charge in [0.15, 0.2) is 6.23 Å². The van der Waals surface area contributed by atoms with Crippen LogP contribution in [-0.4, -0.2) is 71.7 Å². The van der Waals surface area contributed by atoms with Crippen molar-refractivity contribution in [1.29, 1.82) is 0 Å². The van der Waals surface area contributed by atoms with Crippen molar-refractivity contribution in [1.82, 2.24) is 9.55 Å². The lowest BCUT2D eigenvalue weighted by atomic mass is 10.1. The third-order valence-corrected chi connectivity index (χ3v) is 6.37. The Morgan fingerprint density at radius 3 is 2.41 bits per heavy atom. The quantitative estimate of drug-likeness (QED) is 0.257. The average molecular weight is 430 g/mol. The Balaban J connectivity index is 2.08. The molecule has 0 aliphatic carbocycles. The highest BCUT2D eigenvalue weighted by Gasteiger charge is 2.45. The van der Waals surface area contributed by atoms with E-state index >= 15 is 0 Å². The van der Waals surface area contributed by atoms with E-state index in [1.165, 1.54) is 6.92 Å². The molecule has 1 unspecified atom stereocenters. The summed E-state index contributed by atoms with van der Waals surface area (Å²) in [6.07, 6.45) is -6.44. The van der Waals surface area contributed by atoms with E-state index in [4.69, 9.17) is 19.0 Å². The Hall–Kier alpha value is -1.14. The van der Waals surface area contributed by atoms with Crippen molar-refractivity contribution in [3.63, 3.8) is 0 Å². The lowest BCUT2D eigenvalue weighted by molar-refractivity contribution is -0.0525.